The van der Waals surface area contributed by atoms with E-state index in [1.54, 1.807) is 24.3 Å². The van der Waals surface area contributed by atoms with Crippen LogP contribution in [-0.4, -0.2) is 11.8 Å². The fraction of sp³-hybridized carbons (Fsp3) is 0.333. The van der Waals surface area contributed by atoms with Gasteiger partial charge in [0.1, 0.15) is 0 Å². The summed E-state index contributed by atoms with van der Waals surface area (Å²) in [6, 6.07) is 6.93. The first-order valence-electron chi connectivity index (χ1n) is 5.30. The van der Waals surface area contributed by atoms with E-state index in [4.69, 9.17) is 5.73 Å². The molecule has 0 atom stereocenters. The molecule has 16 heavy (non-hydrogen) atoms. The second-order valence-electron chi connectivity index (χ2n) is 4.20. The number of carbonyl (C=O) groups is 2. The Morgan fingerprint density at radius 1 is 1.19 bits per heavy atom. The predicted octanol–water partition coefficient (Wildman–Crippen LogP) is 1.56. The Morgan fingerprint density at radius 3 is 2.31 bits per heavy atom. The number of imide groups is 1. The van der Waals surface area contributed by atoms with Gasteiger partial charge in [-0.15, -0.1) is 0 Å². The van der Waals surface area contributed by atoms with Crippen LogP contribution in [0.15, 0.2) is 24.3 Å². The summed E-state index contributed by atoms with van der Waals surface area (Å²) in [4.78, 5) is 24.8. The average Bonchev–Trinajstić information content (AvgIpc) is 2.19. The third-order valence-corrected chi connectivity index (χ3v) is 2.72. The van der Waals surface area contributed by atoms with Crippen molar-refractivity contribution in [3.63, 3.8) is 0 Å². The molecule has 1 aromatic carbocycles. The minimum Gasteiger partial charge on any atom is -0.397 e. The van der Waals surface area contributed by atoms with Crippen molar-refractivity contribution in [1.29, 1.82) is 0 Å². The van der Waals surface area contributed by atoms with Crippen LogP contribution in [0, 0.1) is 5.92 Å². The van der Waals surface area contributed by atoms with Crippen molar-refractivity contribution in [2.45, 2.75) is 19.8 Å². The molecule has 84 valence electrons. The first-order valence-corrected chi connectivity index (χ1v) is 5.30. The van der Waals surface area contributed by atoms with Gasteiger partial charge < -0.3 is 5.73 Å². The van der Waals surface area contributed by atoms with Crippen molar-refractivity contribution in [3.8, 4) is 0 Å². The number of hydrogen-bond donors (Lipinski definition) is 1. The maximum absolute atomic E-state index is 11.8. The summed E-state index contributed by atoms with van der Waals surface area (Å²) in [5, 5.41) is 0. The number of nitrogens with zero attached hydrogens (tertiary/aromatic N) is 1. The molecule has 1 saturated heterocycles. The summed E-state index contributed by atoms with van der Waals surface area (Å²) in [7, 11) is 0. The molecule has 0 radical (unpaired) electrons. The van der Waals surface area contributed by atoms with Crippen LogP contribution >= 0.6 is 0 Å². The number of para-hydroxylation sites is 2. The monoisotopic (exact) mass is 218 g/mol. The lowest BCUT2D eigenvalue weighted by atomic mass is 9.97. The quantitative estimate of drug-likeness (QED) is 0.574. The number of benzene rings is 1. The smallest absolute Gasteiger partial charge is 0.234 e. The Bertz CT molecular complexity index is 424. The van der Waals surface area contributed by atoms with Gasteiger partial charge in [-0.2, -0.15) is 0 Å². The van der Waals surface area contributed by atoms with Crippen molar-refractivity contribution in [3.05, 3.63) is 24.3 Å². The van der Waals surface area contributed by atoms with Crippen molar-refractivity contribution in [2.75, 3.05) is 10.6 Å². The van der Waals surface area contributed by atoms with Crippen LogP contribution in [0.1, 0.15) is 19.8 Å². The van der Waals surface area contributed by atoms with E-state index in [1.165, 1.54) is 4.90 Å². The zero-order valence-corrected chi connectivity index (χ0v) is 9.14. The van der Waals surface area contributed by atoms with E-state index < -0.39 is 0 Å². The molecule has 0 aliphatic carbocycles. The van der Waals surface area contributed by atoms with Gasteiger partial charge in [0.25, 0.3) is 0 Å². The van der Waals surface area contributed by atoms with E-state index in [1.807, 2.05) is 6.92 Å². The Hall–Kier alpha value is -1.84. The van der Waals surface area contributed by atoms with Gasteiger partial charge in [-0.25, -0.2) is 4.90 Å². The minimum absolute atomic E-state index is 0.126. The van der Waals surface area contributed by atoms with E-state index in [0.717, 1.165) is 0 Å². The molecular weight excluding hydrogens is 204 g/mol. The van der Waals surface area contributed by atoms with Crippen molar-refractivity contribution in [2.24, 2.45) is 5.92 Å². The van der Waals surface area contributed by atoms with Gasteiger partial charge in [0.15, 0.2) is 0 Å². The molecule has 1 aliphatic rings. The van der Waals surface area contributed by atoms with Gasteiger partial charge >= 0.3 is 0 Å². The van der Waals surface area contributed by atoms with Gasteiger partial charge in [-0.3, -0.25) is 9.59 Å². The van der Waals surface area contributed by atoms with E-state index in [2.05, 4.69) is 0 Å². The second-order valence-corrected chi connectivity index (χ2v) is 4.20. The molecule has 2 rings (SSSR count). The Labute approximate surface area is 94.0 Å². The van der Waals surface area contributed by atoms with Crippen LogP contribution in [0.2, 0.25) is 0 Å². The summed E-state index contributed by atoms with van der Waals surface area (Å²) < 4.78 is 0. The van der Waals surface area contributed by atoms with Crippen LogP contribution in [-0.2, 0) is 9.59 Å². The molecule has 1 aliphatic heterocycles. The predicted molar refractivity (Wildman–Crippen MR) is 61.7 cm³/mol. The van der Waals surface area contributed by atoms with Crippen molar-refractivity contribution < 1.29 is 9.59 Å². The van der Waals surface area contributed by atoms with E-state index >= 15 is 0 Å². The maximum atomic E-state index is 11.8. The average molecular weight is 218 g/mol. The highest BCUT2D eigenvalue weighted by Gasteiger charge is 2.32. The summed E-state index contributed by atoms with van der Waals surface area (Å²) in [6.45, 7) is 1.90. The Balaban J connectivity index is 2.37. The third kappa shape index (κ3) is 1.78. The molecule has 1 fully saturated rings. The summed E-state index contributed by atoms with van der Waals surface area (Å²) in [5.41, 5.74) is 6.73. The van der Waals surface area contributed by atoms with Gasteiger partial charge in [-0.05, 0) is 18.1 Å². The van der Waals surface area contributed by atoms with Crippen molar-refractivity contribution in [1.82, 2.24) is 0 Å². The number of nitrogens with two attached hydrogens (primary N) is 1. The molecule has 2 amide bonds. The van der Waals surface area contributed by atoms with Crippen LogP contribution in [0.5, 0.6) is 0 Å². The fourth-order valence-corrected chi connectivity index (χ4v) is 1.95. The largest absolute Gasteiger partial charge is 0.397 e. The van der Waals surface area contributed by atoms with Gasteiger partial charge in [0.05, 0.1) is 11.4 Å². The molecule has 1 aromatic rings. The zero-order valence-electron chi connectivity index (χ0n) is 9.14. The maximum Gasteiger partial charge on any atom is 0.234 e. The number of anilines is 2. The zero-order chi connectivity index (χ0) is 11.7. The SMILES string of the molecule is CC1CC(=O)N(c2ccccc2N)C(=O)C1. The molecule has 0 spiro atoms. The van der Waals surface area contributed by atoms with E-state index in [-0.39, 0.29) is 17.7 Å². The lowest BCUT2D eigenvalue weighted by Crippen LogP contribution is -2.43. The third-order valence-electron chi connectivity index (χ3n) is 2.72. The highest BCUT2D eigenvalue weighted by Crippen LogP contribution is 2.29. The molecule has 1 heterocycles. The molecule has 2 N–H and O–H groups in total. The summed E-state index contributed by atoms with van der Waals surface area (Å²) >= 11 is 0. The normalized spacial score (nSPS) is 17.9. The standard InChI is InChI=1S/C12H14N2O2/c1-8-6-11(15)14(12(16)7-8)10-5-3-2-4-9(10)13/h2-5,8H,6-7,13H2,1H3. The van der Waals surface area contributed by atoms with E-state index in [9.17, 15) is 9.59 Å². The van der Waals surface area contributed by atoms with Crippen LogP contribution < -0.4 is 10.6 Å². The molecule has 4 nitrogen and oxygen atoms in total. The number of nitrogen functional groups attached to an aromatic ring is 1. The summed E-state index contributed by atoms with van der Waals surface area (Å²) in [6.07, 6.45) is 0.806. The number of hydrogen-bond acceptors (Lipinski definition) is 3. The highest BCUT2D eigenvalue weighted by atomic mass is 16.2. The topological polar surface area (TPSA) is 63.4 Å². The number of carbonyl (C=O) groups excluding carboxylic acids is 2. The Morgan fingerprint density at radius 2 is 1.75 bits per heavy atom. The molecular formula is C12H14N2O2. The van der Waals surface area contributed by atoms with Crippen LogP contribution in [0.3, 0.4) is 0 Å². The highest BCUT2D eigenvalue weighted by molar-refractivity contribution is 6.18. The van der Waals surface area contributed by atoms with Crippen LogP contribution in [0.25, 0.3) is 0 Å². The van der Waals surface area contributed by atoms with Crippen molar-refractivity contribution >= 4 is 23.2 Å². The number of piperidine rings is 1. The second kappa shape index (κ2) is 3.96. The van der Waals surface area contributed by atoms with E-state index in [0.29, 0.717) is 24.2 Å². The first-order chi connectivity index (χ1) is 7.59. The summed E-state index contributed by atoms with van der Waals surface area (Å²) in [5.74, 6) is -0.204. The Kier molecular flexibility index (Phi) is 2.64. The molecule has 0 unspecified atom stereocenters. The lowest BCUT2D eigenvalue weighted by Gasteiger charge is -2.28. The number of amides is 2. The fourth-order valence-electron chi connectivity index (χ4n) is 1.95. The number of rotatable bonds is 1. The molecule has 0 bridgehead atoms. The van der Waals surface area contributed by atoms with Gasteiger partial charge in [0.2, 0.25) is 11.8 Å². The molecule has 4 heteroatoms. The minimum atomic E-state index is -0.165. The van der Waals surface area contributed by atoms with Gasteiger partial charge in [0, 0.05) is 12.8 Å². The molecule has 0 aromatic heterocycles. The lowest BCUT2D eigenvalue weighted by molar-refractivity contribution is -0.130. The van der Waals surface area contributed by atoms with Crippen LogP contribution in [0.4, 0.5) is 11.4 Å². The first kappa shape index (κ1) is 10.7. The molecule has 0 saturated carbocycles. The van der Waals surface area contributed by atoms with Gasteiger partial charge in [-0.1, -0.05) is 19.1 Å².